The van der Waals surface area contributed by atoms with Gasteiger partial charge in [0.05, 0.1) is 0 Å². The normalized spacial score (nSPS) is 15.6. The second kappa shape index (κ2) is 6.04. The second-order valence-electron chi connectivity index (χ2n) is 6.23. The Morgan fingerprint density at radius 1 is 1.18 bits per heavy atom. The molecule has 1 aromatic carbocycles. The lowest BCUT2D eigenvalue weighted by Gasteiger charge is -2.29. The Labute approximate surface area is 115 Å². The third-order valence-electron chi connectivity index (χ3n) is 3.79. The molecule has 0 aromatic heterocycles. The maximum Gasteiger partial charge on any atom is 0.0189 e. The highest BCUT2D eigenvalue weighted by Crippen LogP contribution is 2.32. The van der Waals surface area contributed by atoms with Crippen LogP contribution in [-0.4, -0.2) is 4.83 Å². The molecule has 1 rings (SSSR count). The zero-order chi connectivity index (χ0) is 13.1. The lowest BCUT2D eigenvalue weighted by molar-refractivity contribution is 0.246. The summed E-state index contributed by atoms with van der Waals surface area (Å²) in [6.07, 6.45) is 2.37. The van der Waals surface area contributed by atoms with Gasteiger partial charge in [-0.3, -0.25) is 0 Å². The van der Waals surface area contributed by atoms with Crippen LogP contribution in [0.1, 0.15) is 45.2 Å². The highest BCUT2D eigenvalue weighted by Gasteiger charge is 2.22. The monoisotopic (exact) mass is 296 g/mol. The van der Waals surface area contributed by atoms with Gasteiger partial charge in [0.2, 0.25) is 0 Å². The van der Waals surface area contributed by atoms with E-state index >= 15 is 0 Å². The molecule has 0 spiro atoms. The lowest BCUT2D eigenvalue weighted by Crippen LogP contribution is -2.21. The minimum absolute atomic E-state index is 0.401. The number of hydrogen-bond acceptors (Lipinski definition) is 0. The maximum atomic E-state index is 3.84. The van der Waals surface area contributed by atoms with Crippen molar-refractivity contribution in [3.05, 3.63) is 35.4 Å². The van der Waals surface area contributed by atoms with Gasteiger partial charge in [-0.05, 0) is 42.2 Å². The van der Waals surface area contributed by atoms with Gasteiger partial charge >= 0.3 is 0 Å². The summed E-state index contributed by atoms with van der Waals surface area (Å²) in [6.45, 7) is 11.5. The van der Waals surface area contributed by atoms with E-state index < -0.39 is 0 Å². The van der Waals surface area contributed by atoms with Gasteiger partial charge in [0.1, 0.15) is 0 Å². The van der Waals surface area contributed by atoms with Crippen molar-refractivity contribution >= 4 is 15.9 Å². The number of alkyl halides is 1. The van der Waals surface area contributed by atoms with Gasteiger partial charge in [0.25, 0.3) is 0 Å². The first-order valence-electron chi connectivity index (χ1n) is 6.49. The molecule has 0 aliphatic heterocycles. The first kappa shape index (κ1) is 14.8. The largest absolute Gasteiger partial charge is 0.0887 e. The summed E-state index contributed by atoms with van der Waals surface area (Å²) in [7, 11) is 0. The smallest absolute Gasteiger partial charge is 0.0189 e. The molecule has 2 atom stereocenters. The van der Waals surface area contributed by atoms with Crippen LogP contribution in [0.5, 0.6) is 0 Å². The SMILES string of the molecule is Cc1ccccc1CC(Br)CC(C)C(C)(C)C. The Bertz CT molecular complexity index is 349. The molecule has 0 N–H and O–H groups in total. The Morgan fingerprint density at radius 2 is 1.76 bits per heavy atom. The quantitative estimate of drug-likeness (QED) is 0.655. The average Bonchev–Trinajstić information content (AvgIpc) is 2.20. The van der Waals surface area contributed by atoms with Crippen molar-refractivity contribution in [3.8, 4) is 0 Å². The van der Waals surface area contributed by atoms with Crippen molar-refractivity contribution in [1.82, 2.24) is 0 Å². The number of aryl methyl sites for hydroxylation is 1. The molecule has 17 heavy (non-hydrogen) atoms. The number of halogens is 1. The number of hydrogen-bond donors (Lipinski definition) is 0. The van der Waals surface area contributed by atoms with Crippen molar-refractivity contribution in [2.24, 2.45) is 11.3 Å². The summed E-state index contributed by atoms with van der Waals surface area (Å²) in [5, 5.41) is 0. The third-order valence-corrected chi connectivity index (χ3v) is 4.49. The Kier molecular flexibility index (Phi) is 5.24. The van der Waals surface area contributed by atoms with Crippen LogP contribution in [0.2, 0.25) is 0 Å². The van der Waals surface area contributed by atoms with E-state index in [4.69, 9.17) is 0 Å². The Morgan fingerprint density at radius 3 is 2.29 bits per heavy atom. The first-order valence-corrected chi connectivity index (χ1v) is 7.41. The van der Waals surface area contributed by atoms with E-state index in [9.17, 15) is 0 Å². The molecule has 0 nitrogen and oxygen atoms in total. The van der Waals surface area contributed by atoms with Gasteiger partial charge in [0.15, 0.2) is 0 Å². The van der Waals surface area contributed by atoms with Gasteiger partial charge in [-0.25, -0.2) is 0 Å². The van der Waals surface area contributed by atoms with Gasteiger partial charge in [0, 0.05) is 4.83 Å². The van der Waals surface area contributed by atoms with Crippen LogP contribution in [-0.2, 0) is 6.42 Å². The third kappa shape index (κ3) is 4.83. The van der Waals surface area contributed by atoms with E-state index in [1.807, 2.05) is 0 Å². The van der Waals surface area contributed by atoms with Crippen molar-refractivity contribution in [1.29, 1.82) is 0 Å². The topological polar surface area (TPSA) is 0 Å². The average molecular weight is 297 g/mol. The Balaban J connectivity index is 2.56. The van der Waals surface area contributed by atoms with Crippen LogP contribution in [0, 0.1) is 18.3 Å². The summed E-state index contributed by atoms with van der Waals surface area (Å²) < 4.78 is 0. The summed E-state index contributed by atoms with van der Waals surface area (Å²) in [5.41, 5.74) is 3.27. The molecule has 0 radical (unpaired) electrons. The molecule has 0 heterocycles. The van der Waals surface area contributed by atoms with E-state index in [-0.39, 0.29) is 0 Å². The molecular formula is C16H25Br. The molecule has 0 amide bonds. The first-order chi connectivity index (χ1) is 7.80. The minimum atomic E-state index is 0.401. The van der Waals surface area contributed by atoms with Crippen LogP contribution < -0.4 is 0 Å². The minimum Gasteiger partial charge on any atom is -0.0887 e. The molecule has 1 heteroatoms. The van der Waals surface area contributed by atoms with Gasteiger partial charge < -0.3 is 0 Å². The van der Waals surface area contributed by atoms with E-state index in [0.29, 0.717) is 10.2 Å². The molecule has 0 aliphatic carbocycles. The fourth-order valence-corrected chi connectivity index (χ4v) is 2.81. The van der Waals surface area contributed by atoms with E-state index in [1.54, 1.807) is 0 Å². The Hall–Kier alpha value is -0.300. The fraction of sp³-hybridized carbons (Fsp3) is 0.625. The summed E-state index contributed by atoms with van der Waals surface area (Å²) in [6, 6.07) is 8.68. The maximum absolute atomic E-state index is 3.84. The van der Waals surface area contributed by atoms with Crippen LogP contribution in [0.4, 0.5) is 0 Å². The molecule has 0 fully saturated rings. The van der Waals surface area contributed by atoms with Crippen molar-refractivity contribution in [2.45, 2.75) is 52.3 Å². The summed E-state index contributed by atoms with van der Waals surface area (Å²) in [5.74, 6) is 0.732. The molecule has 0 saturated carbocycles. The summed E-state index contributed by atoms with van der Waals surface area (Å²) >= 11 is 3.84. The highest BCUT2D eigenvalue weighted by molar-refractivity contribution is 9.09. The van der Waals surface area contributed by atoms with Gasteiger partial charge in [-0.15, -0.1) is 0 Å². The van der Waals surface area contributed by atoms with Gasteiger partial charge in [-0.2, -0.15) is 0 Å². The zero-order valence-electron chi connectivity index (χ0n) is 11.8. The molecule has 1 aromatic rings. The standard InChI is InChI=1S/C16H25Br/c1-12-8-6-7-9-14(12)11-15(17)10-13(2)16(3,4)5/h6-9,13,15H,10-11H2,1-5H3. The lowest BCUT2D eigenvalue weighted by atomic mass is 9.79. The molecule has 0 saturated heterocycles. The predicted octanol–water partition coefficient (Wildman–Crippen LogP) is 5.37. The van der Waals surface area contributed by atoms with Crippen molar-refractivity contribution < 1.29 is 0 Å². The second-order valence-corrected chi connectivity index (χ2v) is 7.53. The molecule has 2 unspecified atom stereocenters. The molecule has 0 aliphatic rings. The van der Waals surface area contributed by atoms with Crippen LogP contribution in [0.25, 0.3) is 0 Å². The molecule has 96 valence electrons. The van der Waals surface area contributed by atoms with Crippen molar-refractivity contribution in [2.75, 3.05) is 0 Å². The number of rotatable bonds is 4. The van der Waals surface area contributed by atoms with E-state index in [1.165, 1.54) is 17.5 Å². The predicted molar refractivity (Wildman–Crippen MR) is 80.8 cm³/mol. The molecular weight excluding hydrogens is 272 g/mol. The zero-order valence-corrected chi connectivity index (χ0v) is 13.3. The van der Waals surface area contributed by atoms with Crippen LogP contribution in [0.15, 0.2) is 24.3 Å². The highest BCUT2D eigenvalue weighted by atomic mass is 79.9. The van der Waals surface area contributed by atoms with E-state index in [0.717, 1.165) is 12.3 Å². The molecule has 0 bridgehead atoms. The fourth-order valence-electron chi connectivity index (χ4n) is 1.90. The van der Waals surface area contributed by atoms with Crippen molar-refractivity contribution in [3.63, 3.8) is 0 Å². The summed E-state index contributed by atoms with van der Waals surface area (Å²) in [4.78, 5) is 0.581. The number of benzene rings is 1. The van der Waals surface area contributed by atoms with E-state index in [2.05, 4.69) is 74.8 Å². The van der Waals surface area contributed by atoms with Crippen LogP contribution >= 0.6 is 15.9 Å². The van der Waals surface area contributed by atoms with Crippen LogP contribution in [0.3, 0.4) is 0 Å². The van der Waals surface area contributed by atoms with Gasteiger partial charge in [-0.1, -0.05) is 67.9 Å².